The molecule has 0 radical (unpaired) electrons. The molecule has 1 saturated heterocycles. The van der Waals surface area contributed by atoms with Crippen LogP contribution in [0.25, 0.3) is 0 Å². The third-order valence-corrected chi connectivity index (χ3v) is 4.14. The Bertz CT molecular complexity index is 689. The average molecular weight is 283 g/mol. The van der Waals surface area contributed by atoms with E-state index in [4.69, 9.17) is 0 Å². The maximum absolute atomic E-state index is 11.9. The van der Waals surface area contributed by atoms with Gasteiger partial charge in [0.1, 0.15) is 5.82 Å². The molecule has 2 aromatic rings. The number of anilines is 1. The smallest absolute Gasteiger partial charge is 0.266 e. The molecule has 1 aliphatic carbocycles. The van der Waals surface area contributed by atoms with Crippen molar-refractivity contribution in [3.8, 4) is 0 Å². The van der Waals surface area contributed by atoms with Crippen LogP contribution in [0, 0.1) is 5.92 Å². The van der Waals surface area contributed by atoms with Crippen LogP contribution in [0.2, 0.25) is 0 Å². The van der Waals surface area contributed by atoms with Gasteiger partial charge in [0.05, 0.1) is 18.4 Å². The summed E-state index contributed by atoms with van der Waals surface area (Å²) in [6.07, 6.45) is 7.56. The number of hydrogen-bond acceptors (Lipinski definition) is 5. The molecule has 0 spiro atoms. The number of nitrogens with zero attached hydrogens (tertiary/aromatic N) is 5. The van der Waals surface area contributed by atoms with E-state index < -0.39 is 0 Å². The zero-order chi connectivity index (χ0) is 14.2. The van der Waals surface area contributed by atoms with E-state index in [2.05, 4.69) is 20.0 Å². The summed E-state index contributed by atoms with van der Waals surface area (Å²) < 4.78 is 1.63. The third kappa shape index (κ3) is 2.53. The lowest BCUT2D eigenvalue weighted by Gasteiger charge is -2.39. The second-order valence-corrected chi connectivity index (χ2v) is 5.89. The highest BCUT2D eigenvalue weighted by molar-refractivity contribution is 5.38. The lowest BCUT2D eigenvalue weighted by Crippen LogP contribution is -2.50. The van der Waals surface area contributed by atoms with Crippen molar-refractivity contribution in [2.45, 2.75) is 25.3 Å². The fraction of sp³-hybridized carbons (Fsp3) is 0.467. The lowest BCUT2D eigenvalue weighted by molar-refractivity contribution is 0.331. The lowest BCUT2D eigenvalue weighted by atomic mass is 10.0. The largest absolute Gasteiger partial charge is 0.355 e. The SMILES string of the molecule is O=c1ccc(C2CC2)nn1CC1CN(c2cnccn2)C1. The zero-order valence-corrected chi connectivity index (χ0v) is 11.7. The topological polar surface area (TPSA) is 63.9 Å². The van der Waals surface area contributed by atoms with Crippen molar-refractivity contribution in [2.75, 3.05) is 18.0 Å². The predicted octanol–water partition coefficient (Wildman–Crippen LogP) is 1.05. The highest BCUT2D eigenvalue weighted by Gasteiger charge is 2.30. The van der Waals surface area contributed by atoms with Crippen molar-refractivity contribution in [3.05, 3.63) is 46.8 Å². The van der Waals surface area contributed by atoms with Crippen LogP contribution in [0.5, 0.6) is 0 Å². The first-order chi connectivity index (χ1) is 10.3. The van der Waals surface area contributed by atoms with Crippen LogP contribution in [0.3, 0.4) is 0 Å². The van der Waals surface area contributed by atoms with Crippen LogP contribution in [-0.2, 0) is 6.54 Å². The highest BCUT2D eigenvalue weighted by atomic mass is 16.1. The maximum atomic E-state index is 11.9. The molecule has 0 N–H and O–H groups in total. The number of rotatable bonds is 4. The van der Waals surface area contributed by atoms with Crippen molar-refractivity contribution in [3.63, 3.8) is 0 Å². The first-order valence-electron chi connectivity index (χ1n) is 7.38. The molecule has 2 aliphatic rings. The van der Waals surface area contributed by atoms with Crippen molar-refractivity contribution in [1.82, 2.24) is 19.7 Å². The van der Waals surface area contributed by atoms with Crippen molar-refractivity contribution in [2.24, 2.45) is 5.92 Å². The van der Waals surface area contributed by atoms with Gasteiger partial charge in [0.2, 0.25) is 0 Å². The second-order valence-electron chi connectivity index (χ2n) is 5.89. The summed E-state index contributed by atoms with van der Waals surface area (Å²) in [5.41, 5.74) is 1.07. The molecule has 0 bridgehead atoms. The summed E-state index contributed by atoms with van der Waals surface area (Å²) in [4.78, 5) is 22.4. The van der Waals surface area contributed by atoms with E-state index in [9.17, 15) is 4.79 Å². The quantitative estimate of drug-likeness (QED) is 0.839. The molecule has 0 atom stereocenters. The zero-order valence-electron chi connectivity index (χ0n) is 11.7. The Morgan fingerprint density at radius 3 is 2.76 bits per heavy atom. The Labute approximate surface area is 122 Å². The molecule has 1 aliphatic heterocycles. The van der Waals surface area contributed by atoms with Gasteiger partial charge in [-0.3, -0.25) is 9.78 Å². The summed E-state index contributed by atoms with van der Waals surface area (Å²) in [6.45, 7) is 2.50. The average Bonchev–Trinajstić information content (AvgIpc) is 3.29. The standard InChI is InChI=1S/C15H17N5O/c21-15-4-3-13(12-1-2-12)18-20(15)10-11-8-19(9-11)14-7-16-5-6-17-14/h3-7,11-12H,1-2,8-10H2. The van der Waals surface area contributed by atoms with Gasteiger partial charge in [-0.15, -0.1) is 0 Å². The van der Waals surface area contributed by atoms with Crippen LogP contribution < -0.4 is 10.5 Å². The van der Waals surface area contributed by atoms with Crippen LogP contribution in [0.15, 0.2) is 35.5 Å². The molecule has 6 heteroatoms. The van der Waals surface area contributed by atoms with Gasteiger partial charge in [-0.1, -0.05) is 0 Å². The molecule has 21 heavy (non-hydrogen) atoms. The Morgan fingerprint density at radius 1 is 1.19 bits per heavy atom. The minimum absolute atomic E-state index is 0.00245. The molecule has 0 aromatic carbocycles. The van der Waals surface area contributed by atoms with Gasteiger partial charge < -0.3 is 4.90 Å². The van der Waals surface area contributed by atoms with Crippen LogP contribution in [0.4, 0.5) is 5.82 Å². The molecule has 1 saturated carbocycles. The first-order valence-corrected chi connectivity index (χ1v) is 7.38. The Morgan fingerprint density at radius 2 is 2.05 bits per heavy atom. The molecule has 108 valence electrons. The normalized spacial score (nSPS) is 18.6. The van der Waals surface area contributed by atoms with E-state index in [1.165, 1.54) is 12.8 Å². The van der Waals surface area contributed by atoms with Gasteiger partial charge in [-0.2, -0.15) is 5.10 Å². The van der Waals surface area contributed by atoms with Crippen LogP contribution >= 0.6 is 0 Å². The summed E-state index contributed by atoms with van der Waals surface area (Å²) >= 11 is 0. The Balaban J connectivity index is 1.42. The molecule has 6 nitrogen and oxygen atoms in total. The van der Waals surface area contributed by atoms with Crippen molar-refractivity contribution < 1.29 is 0 Å². The summed E-state index contributed by atoms with van der Waals surface area (Å²) in [5, 5.41) is 4.51. The minimum atomic E-state index is -0.00245. The molecule has 0 unspecified atom stereocenters. The van der Waals surface area contributed by atoms with Crippen molar-refractivity contribution >= 4 is 5.82 Å². The summed E-state index contributed by atoms with van der Waals surface area (Å²) in [5.74, 6) is 1.93. The molecule has 2 fully saturated rings. The molecule has 4 rings (SSSR count). The summed E-state index contributed by atoms with van der Waals surface area (Å²) in [7, 11) is 0. The van der Waals surface area contributed by atoms with E-state index in [0.29, 0.717) is 18.4 Å². The monoisotopic (exact) mass is 283 g/mol. The molecule has 0 amide bonds. The predicted molar refractivity (Wildman–Crippen MR) is 78.2 cm³/mol. The number of hydrogen-bond donors (Lipinski definition) is 0. The van der Waals surface area contributed by atoms with E-state index in [1.54, 1.807) is 29.3 Å². The number of aromatic nitrogens is 4. The van der Waals surface area contributed by atoms with Gasteiger partial charge >= 0.3 is 0 Å². The van der Waals surface area contributed by atoms with E-state index >= 15 is 0 Å². The molecular weight excluding hydrogens is 266 g/mol. The van der Waals surface area contributed by atoms with Crippen molar-refractivity contribution in [1.29, 1.82) is 0 Å². The second kappa shape index (κ2) is 4.95. The molecule has 2 aromatic heterocycles. The first kappa shape index (κ1) is 12.5. The van der Waals surface area contributed by atoms with Crippen LogP contribution in [0.1, 0.15) is 24.5 Å². The third-order valence-electron chi connectivity index (χ3n) is 4.14. The van der Waals surface area contributed by atoms with Gasteiger partial charge in [0.15, 0.2) is 0 Å². The van der Waals surface area contributed by atoms with E-state index in [0.717, 1.165) is 24.6 Å². The maximum Gasteiger partial charge on any atom is 0.266 e. The minimum Gasteiger partial charge on any atom is -0.355 e. The summed E-state index contributed by atoms with van der Waals surface area (Å²) in [6, 6.07) is 3.53. The van der Waals surface area contributed by atoms with Gasteiger partial charge in [0, 0.05) is 43.4 Å². The van der Waals surface area contributed by atoms with Gasteiger partial charge in [-0.05, 0) is 18.9 Å². The van der Waals surface area contributed by atoms with Crippen LogP contribution in [-0.4, -0.2) is 32.8 Å². The molecular formula is C15H17N5O. The van der Waals surface area contributed by atoms with E-state index in [-0.39, 0.29) is 5.56 Å². The fourth-order valence-corrected chi connectivity index (χ4v) is 2.76. The Hall–Kier alpha value is -2.24. The van der Waals surface area contributed by atoms with Gasteiger partial charge in [-0.25, -0.2) is 9.67 Å². The van der Waals surface area contributed by atoms with Gasteiger partial charge in [0.25, 0.3) is 5.56 Å². The Kier molecular flexibility index (Phi) is 2.94. The highest BCUT2D eigenvalue weighted by Crippen LogP contribution is 2.38. The fourth-order valence-electron chi connectivity index (χ4n) is 2.76. The molecule has 3 heterocycles. The van der Waals surface area contributed by atoms with E-state index in [1.807, 2.05) is 6.07 Å².